The molecule has 1 aliphatic heterocycles. The number of aromatic amines is 1. The fourth-order valence-corrected chi connectivity index (χ4v) is 5.69. The van der Waals surface area contributed by atoms with Crippen molar-refractivity contribution in [3.63, 3.8) is 0 Å². The van der Waals surface area contributed by atoms with Crippen LogP contribution in [0.2, 0.25) is 0 Å². The predicted octanol–water partition coefficient (Wildman–Crippen LogP) is 5.05. The lowest BCUT2D eigenvalue weighted by atomic mass is 9.89. The zero-order valence-electron chi connectivity index (χ0n) is 21.9. The molecule has 1 atom stereocenters. The van der Waals surface area contributed by atoms with Crippen LogP contribution in [0.1, 0.15) is 47.0 Å². The molecule has 3 aromatic carbocycles. The fourth-order valence-electron chi connectivity index (χ4n) is 5.69. The van der Waals surface area contributed by atoms with Gasteiger partial charge in [-0.2, -0.15) is 0 Å². The number of hydrogen-bond donors (Lipinski definition) is 1. The van der Waals surface area contributed by atoms with Crippen molar-refractivity contribution in [2.24, 2.45) is 5.92 Å². The number of tetrazole rings is 1. The molecule has 0 unspecified atom stereocenters. The number of likely N-dealkylation sites (tertiary alicyclic amines) is 1. The maximum atomic E-state index is 13.5. The van der Waals surface area contributed by atoms with Crippen molar-refractivity contribution in [2.45, 2.75) is 38.8 Å². The number of nitrogens with zero attached hydrogens (tertiary/aromatic N) is 5. The van der Waals surface area contributed by atoms with E-state index >= 15 is 0 Å². The molecule has 3 heterocycles. The highest BCUT2D eigenvalue weighted by molar-refractivity contribution is 5.79. The number of halogens is 1. The molecule has 39 heavy (non-hydrogen) atoms. The molecule has 0 saturated carbocycles. The topological polar surface area (TPSA) is 79.7 Å². The Hall–Kier alpha value is -4.17. The summed E-state index contributed by atoms with van der Waals surface area (Å²) in [6.45, 7) is 4.09. The van der Waals surface area contributed by atoms with Gasteiger partial charge in [0.25, 0.3) is 5.56 Å². The van der Waals surface area contributed by atoms with Crippen LogP contribution < -0.4 is 5.56 Å². The summed E-state index contributed by atoms with van der Waals surface area (Å²) >= 11 is 0. The van der Waals surface area contributed by atoms with Crippen LogP contribution in [-0.4, -0.2) is 43.2 Å². The minimum Gasteiger partial charge on any atom is -0.322 e. The number of aryl methyl sites for hydroxylation is 1. The third kappa shape index (κ3) is 5.52. The van der Waals surface area contributed by atoms with Crippen LogP contribution in [0.15, 0.2) is 83.7 Å². The molecule has 1 fully saturated rings. The summed E-state index contributed by atoms with van der Waals surface area (Å²) in [6, 6.07) is 24.5. The largest absolute Gasteiger partial charge is 0.322 e. The van der Waals surface area contributed by atoms with Gasteiger partial charge in [0.15, 0.2) is 5.82 Å². The van der Waals surface area contributed by atoms with Crippen LogP contribution >= 0.6 is 0 Å². The highest BCUT2D eigenvalue weighted by Crippen LogP contribution is 2.32. The molecule has 2 aromatic heterocycles. The minimum absolute atomic E-state index is 0.140. The van der Waals surface area contributed by atoms with E-state index in [0.29, 0.717) is 23.9 Å². The van der Waals surface area contributed by atoms with Gasteiger partial charge in [-0.15, -0.1) is 5.10 Å². The number of nitrogens with one attached hydrogen (secondary N) is 1. The molecule has 0 aliphatic carbocycles. The average molecular weight is 523 g/mol. The molecule has 8 heteroatoms. The Balaban J connectivity index is 1.35. The van der Waals surface area contributed by atoms with Crippen molar-refractivity contribution in [1.29, 1.82) is 0 Å². The summed E-state index contributed by atoms with van der Waals surface area (Å²) < 4.78 is 15.2. The smallest absolute Gasteiger partial charge is 0.253 e. The van der Waals surface area contributed by atoms with Crippen molar-refractivity contribution in [3.05, 3.63) is 123 Å². The van der Waals surface area contributed by atoms with Crippen molar-refractivity contribution >= 4 is 10.9 Å². The maximum Gasteiger partial charge on any atom is 0.253 e. The van der Waals surface area contributed by atoms with Crippen LogP contribution in [-0.2, 0) is 13.0 Å². The first-order chi connectivity index (χ1) is 19.0. The van der Waals surface area contributed by atoms with E-state index in [1.165, 1.54) is 17.7 Å². The number of fused-ring (bicyclic) bond motifs is 1. The summed E-state index contributed by atoms with van der Waals surface area (Å²) in [5, 5.41) is 13.7. The minimum atomic E-state index is -0.410. The van der Waals surface area contributed by atoms with Crippen molar-refractivity contribution < 1.29 is 4.39 Å². The Bertz CT molecular complexity index is 1620. The van der Waals surface area contributed by atoms with Crippen molar-refractivity contribution in [1.82, 2.24) is 30.1 Å². The maximum absolute atomic E-state index is 13.5. The summed E-state index contributed by atoms with van der Waals surface area (Å²) in [5.74, 6) is 0.903. The molecule has 198 valence electrons. The van der Waals surface area contributed by atoms with Crippen LogP contribution in [0.4, 0.5) is 4.39 Å². The SMILES string of the molecule is Cc1ccc2[nH]c(=O)c([C@@H](c3nnnn3Cc3ccc(F)cc3)N3CCC(Cc4ccccc4)CC3)cc2c1. The number of aromatic nitrogens is 5. The quantitative estimate of drug-likeness (QED) is 0.323. The van der Waals surface area contributed by atoms with E-state index in [-0.39, 0.29) is 11.4 Å². The second-order valence-corrected chi connectivity index (χ2v) is 10.5. The van der Waals surface area contributed by atoms with E-state index in [4.69, 9.17) is 0 Å². The van der Waals surface area contributed by atoms with Gasteiger partial charge >= 0.3 is 0 Å². The summed E-state index contributed by atoms with van der Waals surface area (Å²) in [6.07, 6.45) is 3.10. The van der Waals surface area contributed by atoms with E-state index in [1.807, 2.05) is 25.1 Å². The van der Waals surface area contributed by atoms with Gasteiger partial charge < -0.3 is 4.98 Å². The number of pyridine rings is 1. The highest BCUT2D eigenvalue weighted by Gasteiger charge is 2.33. The number of hydrogen-bond acceptors (Lipinski definition) is 5. The normalized spacial score (nSPS) is 15.5. The van der Waals surface area contributed by atoms with Gasteiger partial charge in [0.2, 0.25) is 0 Å². The standard InChI is InChI=1S/C31H31FN6O/c1-21-7-12-28-25(17-21)19-27(31(39)33-28)29(30-34-35-36-38(30)20-24-8-10-26(32)11-9-24)37-15-13-23(14-16-37)18-22-5-3-2-4-6-22/h2-12,17,19,23,29H,13-16,18,20H2,1H3,(H,33,39)/t29-/m0/s1. The number of H-pyrrole nitrogens is 1. The lowest BCUT2D eigenvalue weighted by molar-refractivity contribution is 0.143. The fraction of sp³-hybridized carbons (Fsp3) is 0.290. The first-order valence-corrected chi connectivity index (χ1v) is 13.5. The molecule has 7 nitrogen and oxygen atoms in total. The molecular weight excluding hydrogens is 491 g/mol. The first kappa shape index (κ1) is 25.1. The van der Waals surface area contributed by atoms with Crippen LogP contribution in [0.3, 0.4) is 0 Å². The van der Waals surface area contributed by atoms with E-state index < -0.39 is 6.04 Å². The second-order valence-electron chi connectivity index (χ2n) is 10.5. The zero-order valence-corrected chi connectivity index (χ0v) is 21.9. The third-order valence-electron chi connectivity index (χ3n) is 7.75. The molecule has 5 aromatic rings. The first-order valence-electron chi connectivity index (χ1n) is 13.5. The third-order valence-corrected chi connectivity index (χ3v) is 7.75. The molecular formula is C31H31FN6O. The van der Waals surface area contributed by atoms with E-state index in [9.17, 15) is 9.18 Å². The van der Waals surface area contributed by atoms with Gasteiger partial charge in [-0.05, 0) is 102 Å². The summed E-state index contributed by atoms with van der Waals surface area (Å²) in [5.41, 5.74) is 4.66. The average Bonchev–Trinajstić information content (AvgIpc) is 3.39. The van der Waals surface area contributed by atoms with Crippen LogP contribution in [0.25, 0.3) is 10.9 Å². The van der Waals surface area contributed by atoms with Gasteiger partial charge in [-0.1, -0.05) is 54.1 Å². The Labute approximate surface area is 226 Å². The summed E-state index contributed by atoms with van der Waals surface area (Å²) in [7, 11) is 0. The van der Waals surface area contributed by atoms with Crippen LogP contribution in [0.5, 0.6) is 0 Å². The molecule has 1 saturated heterocycles. The van der Waals surface area contributed by atoms with Gasteiger partial charge in [-0.25, -0.2) is 9.07 Å². The lowest BCUT2D eigenvalue weighted by Gasteiger charge is -2.37. The van der Waals surface area contributed by atoms with Crippen molar-refractivity contribution in [2.75, 3.05) is 13.1 Å². The van der Waals surface area contributed by atoms with E-state index in [1.54, 1.807) is 16.8 Å². The van der Waals surface area contributed by atoms with E-state index in [2.05, 4.69) is 61.8 Å². The molecule has 1 aliphatic rings. The molecule has 0 bridgehead atoms. The highest BCUT2D eigenvalue weighted by atomic mass is 19.1. The summed E-state index contributed by atoms with van der Waals surface area (Å²) in [4.78, 5) is 18.9. The Kier molecular flexibility index (Phi) is 7.02. The molecule has 0 radical (unpaired) electrons. The van der Waals surface area contributed by atoms with Gasteiger partial charge in [0.05, 0.1) is 6.54 Å². The number of piperidine rings is 1. The number of benzene rings is 3. The van der Waals surface area contributed by atoms with Crippen LogP contribution in [0, 0.1) is 18.7 Å². The van der Waals surface area contributed by atoms with Gasteiger partial charge in [0, 0.05) is 11.1 Å². The van der Waals surface area contributed by atoms with Crippen molar-refractivity contribution in [3.8, 4) is 0 Å². The zero-order chi connectivity index (χ0) is 26.8. The molecule has 0 amide bonds. The Morgan fingerprint density at radius 2 is 1.74 bits per heavy atom. The molecule has 1 N–H and O–H groups in total. The lowest BCUT2D eigenvalue weighted by Crippen LogP contribution is -2.41. The van der Waals surface area contributed by atoms with E-state index in [0.717, 1.165) is 54.4 Å². The Morgan fingerprint density at radius 3 is 2.51 bits per heavy atom. The second kappa shape index (κ2) is 10.9. The molecule has 6 rings (SSSR count). The Morgan fingerprint density at radius 1 is 0.974 bits per heavy atom. The molecule has 0 spiro atoms. The van der Waals surface area contributed by atoms with Gasteiger partial charge in [0.1, 0.15) is 11.9 Å². The van der Waals surface area contributed by atoms with Gasteiger partial charge in [-0.3, -0.25) is 9.69 Å². The number of rotatable bonds is 7. The monoisotopic (exact) mass is 522 g/mol. The predicted molar refractivity (Wildman–Crippen MR) is 149 cm³/mol.